The minimum Gasteiger partial charge on any atom is -0.494 e. The van der Waals surface area contributed by atoms with E-state index in [0.717, 1.165) is 24.8 Å². The van der Waals surface area contributed by atoms with Crippen LogP contribution in [0.4, 0.5) is 4.39 Å². The second-order valence-electron chi connectivity index (χ2n) is 4.72. The maximum Gasteiger partial charge on any atom is 0.168 e. The van der Waals surface area contributed by atoms with Gasteiger partial charge in [0, 0.05) is 4.83 Å². The van der Waals surface area contributed by atoms with Gasteiger partial charge in [0.15, 0.2) is 11.6 Å². The smallest absolute Gasteiger partial charge is 0.168 e. The molecule has 1 nitrogen and oxygen atoms in total. The molecule has 2 atom stereocenters. The van der Waals surface area contributed by atoms with Crippen LogP contribution in [-0.2, 0) is 5.41 Å². The molecular weight excluding hydrogens is 271 g/mol. The molecule has 1 aliphatic carbocycles. The van der Waals surface area contributed by atoms with Crippen molar-refractivity contribution in [2.45, 2.75) is 36.4 Å². The zero-order valence-corrected chi connectivity index (χ0v) is 11.2. The molecule has 1 aromatic carbocycles. The van der Waals surface area contributed by atoms with Crippen molar-refractivity contribution in [1.29, 1.82) is 0 Å². The van der Waals surface area contributed by atoms with Crippen molar-refractivity contribution < 1.29 is 9.13 Å². The Morgan fingerprint density at radius 3 is 2.81 bits per heavy atom. The van der Waals surface area contributed by atoms with Gasteiger partial charge in [0.25, 0.3) is 0 Å². The van der Waals surface area contributed by atoms with Gasteiger partial charge in [-0.3, -0.25) is 0 Å². The normalized spacial score (nSPS) is 29.4. The lowest BCUT2D eigenvalue weighted by Gasteiger charge is -2.25. The molecule has 16 heavy (non-hydrogen) atoms. The zero-order chi connectivity index (χ0) is 11.8. The Kier molecular flexibility index (Phi) is 3.24. The van der Waals surface area contributed by atoms with Crippen LogP contribution in [0.5, 0.6) is 5.75 Å². The first kappa shape index (κ1) is 11.9. The summed E-state index contributed by atoms with van der Waals surface area (Å²) in [5.74, 6) is 0.144. The first-order chi connectivity index (χ1) is 7.57. The molecule has 0 radical (unpaired) electrons. The molecule has 0 aliphatic heterocycles. The topological polar surface area (TPSA) is 9.23 Å². The highest BCUT2D eigenvalue weighted by molar-refractivity contribution is 9.09. The molecule has 2 unspecified atom stereocenters. The van der Waals surface area contributed by atoms with Gasteiger partial charge in [-0.25, -0.2) is 4.39 Å². The molecule has 0 N–H and O–H groups in total. The Hall–Kier alpha value is -0.570. The molecule has 0 bridgehead atoms. The monoisotopic (exact) mass is 286 g/mol. The van der Waals surface area contributed by atoms with Crippen LogP contribution in [0.1, 0.15) is 31.7 Å². The first-order valence-corrected chi connectivity index (χ1v) is 6.45. The molecule has 1 fully saturated rings. The van der Waals surface area contributed by atoms with Crippen LogP contribution in [-0.4, -0.2) is 11.9 Å². The number of alkyl halides is 1. The van der Waals surface area contributed by atoms with E-state index in [1.807, 2.05) is 12.1 Å². The van der Waals surface area contributed by atoms with Gasteiger partial charge in [-0.1, -0.05) is 35.0 Å². The minimum atomic E-state index is -0.200. The predicted molar refractivity (Wildman–Crippen MR) is 66.9 cm³/mol. The van der Waals surface area contributed by atoms with Crippen molar-refractivity contribution in [1.82, 2.24) is 0 Å². The van der Waals surface area contributed by atoms with Crippen molar-refractivity contribution in [3.63, 3.8) is 0 Å². The van der Waals surface area contributed by atoms with E-state index in [9.17, 15) is 4.39 Å². The number of ether oxygens (including phenoxy) is 1. The van der Waals surface area contributed by atoms with E-state index in [1.165, 1.54) is 7.11 Å². The van der Waals surface area contributed by atoms with Gasteiger partial charge in [0.2, 0.25) is 0 Å². The van der Waals surface area contributed by atoms with E-state index in [0.29, 0.717) is 10.6 Å². The summed E-state index contributed by atoms with van der Waals surface area (Å²) in [4.78, 5) is 0.503. The second-order valence-corrected chi connectivity index (χ2v) is 6.02. The molecule has 0 spiro atoms. The minimum absolute atomic E-state index is 0.0627. The van der Waals surface area contributed by atoms with Gasteiger partial charge in [0.1, 0.15) is 0 Å². The number of benzene rings is 1. The fourth-order valence-corrected chi connectivity index (χ4v) is 3.49. The van der Waals surface area contributed by atoms with Crippen LogP contribution in [0, 0.1) is 5.82 Å². The largest absolute Gasteiger partial charge is 0.494 e. The Morgan fingerprint density at radius 1 is 1.50 bits per heavy atom. The zero-order valence-electron chi connectivity index (χ0n) is 9.59. The number of hydrogen-bond donors (Lipinski definition) is 0. The summed E-state index contributed by atoms with van der Waals surface area (Å²) in [6.45, 7) is 2.13. The standard InChI is InChI=1S/C13H16BrFO/c1-13(7-6-9(14)8-13)10-4-3-5-11(16-2)12(10)15/h3-5,9H,6-8H2,1-2H3. The molecule has 0 amide bonds. The van der Waals surface area contributed by atoms with E-state index in [4.69, 9.17) is 4.74 Å². The highest BCUT2D eigenvalue weighted by Gasteiger charge is 2.37. The SMILES string of the molecule is COc1cccc(C2(C)CCC(Br)C2)c1F. The average molecular weight is 287 g/mol. The summed E-state index contributed by atoms with van der Waals surface area (Å²) in [6, 6.07) is 5.41. The predicted octanol–water partition coefficient (Wildman–Crippen LogP) is 4.04. The number of halogens is 2. The Balaban J connectivity index is 2.40. The summed E-state index contributed by atoms with van der Waals surface area (Å²) in [5.41, 5.74) is 0.723. The molecule has 0 aromatic heterocycles. The molecule has 88 valence electrons. The number of hydrogen-bond acceptors (Lipinski definition) is 1. The maximum atomic E-state index is 14.2. The van der Waals surface area contributed by atoms with Crippen LogP contribution < -0.4 is 4.74 Å². The summed E-state index contributed by atoms with van der Waals surface area (Å²) in [5, 5.41) is 0. The Morgan fingerprint density at radius 2 is 2.25 bits per heavy atom. The van der Waals surface area contributed by atoms with E-state index in [2.05, 4.69) is 22.9 Å². The third-order valence-corrected chi connectivity index (χ3v) is 4.30. The molecular formula is C13H16BrFO. The molecule has 1 saturated carbocycles. The number of methoxy groups -OCH3 is 1. The van der Waals surface area contributed by atoms with Crippen molar-refractivity contribution in [2.75, 3.05) is 7.11 Å². The maximum absolute atomic E-state index is 14.2. The van der Waals surface area contributed by atoms with Crippen molar-refractivity contribution >= 4 is 15.9 Å². The van der Waals surface area contributed by atoms with Gasteiger partial charge in [-0.15, -0.1) is 0 Å². The van der Waals surface area contributed by atoms with Gasteiger partial charge in [-0.2, -0.15) is 0 Å². The molecule has 1 aliphatic rings. The molecule has 2 rings (SSSR count). The second kappa shape index (κ2) is 4.36. The molecule has 3 heteroatoms. The van der Waals surface area contributed by atoms with Crippen molar-refractivity contribution in [3.8, 4) is 5.75 Å². The van der Waals surface area contributed by atoms with Gasteiger partial charge < -0.3 is 4.74 Å². The summed E-state index contributed by atoms with van der Waals surface area (Å²) >= 11 is 3.62. The van der Waals surface area contributed by atoms with Crippen LogP contribution in [0.3, 0.4) is 0 Å². The fourth-order valence-electron chi connectivity index (χ4n) is 2.55. The van der Waals surface area contributed by atoms with E-state index < -0.39 is 0 Å². The van der Waals surface area contributed by atoms with Crippen molar-refractivity contribution in [2.24, 2.45) is 0 Å². The lowest BCUT2D eigenvalue weighted by molar-refractivity contribution is 0.372. The van der Waals surface area contributed by atoms with Crippen LogP contribution in [0.15, 0.2) is 18.2 Å². The van der Waals surface area contributed by atoms with Crippen LogP contribution in [0.2, 0.25) is 0 Å². The van der Waals surface area contributed by atoms with Gasteiger partial charge >= 0.3 is 0 Å². The third kappa shape index (κ3) is 1.97. The van der Waals surface area contributed by atoms with E-state index in [-0.39, 0.29) is 11.2 Å². The molecule has 0 saturated heterocycles. The lowest BCUT2D eigenvalue weighted by Crippen LogP contribution is -2.20. The summed E-state index contributed by atoms with van der Waals surface area (Å²) < 4.78 is 19.2. The quantitative estimate of drug-likeness (QED) is 0.746. The van der Waals surface area contributed by atoms with Crippen molar-refractivity contribution in [3.05, 3.63) is 29.6 Å². The summed E-state index contributed by atoms with van der Waals surface area (Å²) in [6.07, 6.45) is 3.11. The third-order valence-electron chi connectivity index (χ3n) is 3.51. The number of rotatable bonds is 2. The highest BCUT2D eigenvalue weighted by Crippen LogP contribution is 2.45. The highest BCUT2D eigenvalue weighted by atomic mass is 79.9. The van der Waals surface area contributed by atoms with Crippen LogP contribution >= 0.6 is 15.9 Å². The first-order valence-electron chi connectivity index (χ1n) is 5.54. The molecule has 1 aromatic rings. The van der Waals surface area contributed by atoms with E-state index >= 15 is 0 Å². The van der Waals surface area contributed by atoms with E-state index in [1.54, 1.807) is 6.07 Å². The average Bonchev–Trinajstić information content (AvgIpc) is 2.60. The molecule has 0 heterocycles. The Labute approximate surface area is 104 Å². The lowest BCUT2D eigenvalue weighted by atomic mass is 9.80. The van der Waals surface area contributed by atoms with Gasteiger partial charge in [-0.05, 0) is 36.3 Å². The van der Waals surface area contributed by atoms with Crippen LogP contribution in [0.25, 0.3) is 0 Å². The van der Waals surface area contributed by atoms with Gasteiger partial charge in [0.05, 0.1) is 7.11 Å². The fraction of sp³-hybridized carbons (Fsp3) is 0.538. The Bertz CT molecular complexity index is 394. The summed E-state index contributed by atoms with van der Waals surface area (Å²) in [7, 11) is 1.51.